The van der Waals surface area contributed by atoms with Gasteiger partial charge >= 0.3 is 0 Å². The zero-order valence-corrected chi connectivity index (χ0v) is 13.5. The molecule has 3 aliphatic rings. The van der Waals surface area contributed by atoms with Gasteiger partial charge in [-0.1, -0.05) is 5.21 Å². The number of nitrogens with zero attached hydrogens (tertiary/aromatic N) is 4. The minimum absolute atomic E-state index is 0.0826. The number of aromatic nitrogens is 3. The number of carbonyl (C=O) groups is 1. The summed E-state index contributed by atoms with van der Waals surface area (Å²) in [6.07, 6.45) is 3.88. The molecule has 128 valence electrons. The van der Waals surface area contributed by atoms with Crippen molar-refractivity contribution in [3.8, 4) is 0 Å². The second kappa shape index (κ2) is 7.37. The fraction of sp³-hybridized carbons (Fsp3) is 0.800. The molecule has 1 amide bonds. The maximum absolute atomic E-state index is 12.3. The van der Waals surface area contributed by atoms with Crippen LogP contribution in [0, 0.1) is 11.8 Å². The number of piperidine rings is 3. The van der Waals surface area contributed by atoms with Gasteiger partial charge in [0.1, 0.15) is 5.69 Å². The molecule has 3 saturated heterocycles. The minimum Gasteiger partial charge on any atom is -0.390 e. The summed E-state index contributed by atoms with van der Waals surface area (Å²) in [5, 5.41) is 20.0. The van der Waals surface area contributed by atoms with Crippen molar-refractivity contribution in [3.05, 3.63) is 11.9 Å². The van der Waals surface area contributed by atoms with Gasteiger partial charge in [0.05, 0.1) is 31.9 Å². The predicted molar refractivity (Wildman–Crippen MR) is 82.4 cm³/mol. The number of carbonyl (C=O) groups excluding carboxylic acids is 1. The number of methoxy groups -OCH3 is 1. The van der Waals surface area contributed by atoms with Crippen molar-refractivity contribution in [2.75, 3.05) is 33.4 Å². The zero-order valence-electron chi connectivity index (χ0n) is 13.5. The number of fused-ring (bicyclic) bond motifs is 3. The van der Waals surface area contributed by atoms with Crippen molar-refractivity contribution in [1.82, 2.24) is 25.2 Å². The molecule has 2 bridgehead atoms. The van der Waals surface area contributed by atoms with Crippen molar-refractivity contribution in [3.63, 3.8) is 0 Å². The SMILES string of the molecule is COCCNC(=O)[C@@H]1CN2CC[C@@H]1C[C@@H]2Cn1cc(CO)nn1. The average Bonchev–Trinajstić information content (AvgIpc) is 3.03. The average molecular weight is 323 g/mol. The predicted octanol–water partition coefficient (Wildman–Crippen LogP) is -0.757. The number of hydrogen-bond donors (Lipinski definition) is 2. The molecule has 4 rings (SSSR count). The lowest BCUT2D eigenvalue weighted by Crippen LogP contribution is -2.58. The van der Waals surface area contributed by atoms with Gasteiger partial charge in [-0.25, -0.2) is 0 Å². The topological polar surface area (TPSA) is 92.5 Å². The van der Waals surface area contributed by atoms with Crippen molar-refractivity contribution >= 4 is 5.91 Å². The number of nitrogens with one attached hydrogen (secondary N) is 1. The Bertz CT molecular complexity index is 535. The molecule has 3 fully saturated rings. The Kier molecular flexibility index (Phi) is 5.24. The van der Waals surface area contributed by atoms with Gasteiger partial charge in [-0.3, -0.25) is 14.4 Å². The number of rotatable bonds is 7. The van der Waals surface area contributed by atoms with E-state index in [9.17, 15) is 4.79 Å². The van der Waals surface area contributed by atoms with E-state index in [1.54, 1.807) is 18.0 Å². The van der Waals surface area contributed by atoms with Crippen LogP contribution in [0.3, 0.4) is 0 Å². The Morgan fingerprint density at radius 1 is 1.57 bits per heavy atom. The highest BCUT2D eigenvalue weighted by Crippen LogP contribution is 2.36. The molecule has 23 heavy (non-hydrogen) atoms. The van der Waals surface area contributed by atoms with Crippen LogP contribution in [-0.4, -0.2) is 70.3 Å². The van der Waals surface area contributed by atoms with E-state index in [2.05, 4.69) is 20.5 Å². The number of hydrogen-bond acceptors (Lipinski definition) is 6. The van der Waals surface area contributed by atoms with Crippen LogP contribution in [-0.2, 0) is 22.7 Å². The molecule has 0 spiro atoms. The molecule has 3 aliphatic heterocycles. The maximum Gasteiger partial charge on any atom is 0.224 e. The standard InChI is InChI=1S/C15H25N5O3/c1-23-5-3-16-15(22)14-9-19-4-2-11(14)6-13(19)8-20-7-12(10-21)17-18-20/h7,11,13-14,21H,2-6,8-10H2,1H3,(H,16,22)/t11-,13-,14-/m1/s1. The van der Waals surface area contributed by atoms with Gasteiger partial charge in [-0.15, -0.1) is 5.10 Å². The van der Waals surface area contributed by atoms with Crippen LogP contribution in [0.1, 0.15) is 18.5 Å². The normalized spacial score (nSPS) is 29.7. The molecule has 0 aliphatic carbocycles. The molecule has 2 N–H and O–H groups in total. The monoisotopic (exact) mass is 323 g/mol. The van der Waals surface area contributed by atoms with E-state index >= 15 is 0 Å². The van der Waals surface area contributed by atoms with Gasteiger partial charge in [0.15, 0.2) is 0 Å². The number of aliphatic hydroxyl groups is 1. The summed E-state index contributed by atoms with van der Waals surface area (Å²) in [6, 6.07) is 0.394. The van der Waals surface area contributed by atoms with Gasteiger partial charge in [0.2, 0.25) is 5.91 Å². The van der Waals surface area contributed by atoms with E-state index in [1.807, 2.05) is 0 Å². The number of amides is 1. The molecular weight excluding hydrogens is 298 g/mol. The molecule has 1 aromatic heterocycles. The van der Waals surface area contributed by atoms with Gasteiger partial charge in [-0.2, -0.15) is 0 Å². The van der Waals surface area contributed by atoms with E-state index in [-0.39, 0.29) is 18.4 Å². The maximum atomic E-state index is 12.3. The largest absolute Gasteiger partial charge is 0.390 e. The molecular formula is C15H25N5O3. The van der Waals surface area contributed by atoms with E-state index in [1.165, 1.54) is 0 Å². The van der Waals surface area contributed by atoms with Crippen LogP contribution in [0.5, 0.6) is 0 Å². The van der Waals surface area contributed by atoms with E-state index in [0.29, 0.717) is 30.8 Å². The van der Waals surface area contributed by atoms with E-state index in [4.69, 9.17) is 9.84 Å². The summed E-state index contributed by atoms with van der Waals surface area (Å²) in [5.74, 6) is 0.674. The summed E-state index contributed by atoms with van der Waals surface area (Å²) in [6.45, 7) is 3.66. The summed E-state index contributed by atoms with van der Waals surface area (Å²) >= 11 is 0. The Balaban J connectivity index is 1.55. The Morgan fingerprint density at radius 3 is 3.09 bits per heavy atom. The van der Waals surface area contributed by atoms with Crippen molar-refractivity contribution in [1.29, 1.82) is 0 Å². The fourth-order valence-electron chi connectivity index (χ4n) is 3.75. The lowest BCUT2D eigenvalue weighted by molar-refractivity contribution is -0.133. The summed E-state index contributed by atoms with van der Waals surface area (Å²) in [5.41, 5.74) is 0.594. The van der Waals surface area contributed by atoms with Gasteiger partial charge in [0.25, 0.3) is 0 Å². The molecule has 1 aromatic rings. The van der Waals surface area contributed by atoms with Crippen LogP contribution in [0.4, 0.5) is 0 Å². The minimum atomic E-state index is -0.0826. The quantitative estimate of drug-likeness (QED) is 0.641. The molecule has 0 aromatic carbocycles. The first kappa shape index (κ1) is 16.4. The second-order valence-corrected chi connectivity index (χ2v) is 6.41. The Labute approximate surface area is 135 Å². The molecule has 4 atom stereocenters. The van der Waals surface area contributed by atoms with Gasteiger partial charge in [-0.05, 0) is 25.3 Å². The van der Waals surface area contributed by atoms with Crippen LogP contribution in [0.2, 0.25) is 0 Å². The fourth-order valence-corrected chi connectivity index (χ4v) is 3.75. The summed E-state index contributed by atoms with van der Waals surface area (Å²) < 4.78 is 6.77. The third-order valence-electron chi connectivity index (χ3n) is 4.97. The number of aliphatic hydroxyl groups excluding tert-OH is 1. The van der Waals surface area contributed by atoms with Crippen molar-refractivity contribution in [2.24, 2.45) is 11.8 Å². The molecule has 4 heterocycles. The molecule has 8 nitrogen and oxygen atoms in total. The van der Waals surface area contributed by atoms with Crippen LogP contribution >= 0.6 is 0 Å². The highest BCUT2D eigenvalue weighted by molar-refractivity contribution is 5.79. The lowest BCUT2D eigenvalue weighted by Gasteiger charge is -2.49. The van der Waals surface area contributed by atoms with Crippen molar-refractivity contribution in [2.45, 2.75) is 32.0 Å². The summed E-state index contributed by atoms with van der Waals surface area (Å²) in [4.78, 5) is 14.7. The smallest absolute Gasteiger partial charge is 0.224 e. The lowest BCUT2D eigenvalue weighted by atomic mass is 9.75. The van der Waals surface area contributed by atoms with Gasteiger partial charge in [0, 0.05) is 26.2 Å². The van der Waals surface area contributed by atoms with E-state index < -0.39 is 0 Å². The third kappa shape index (κ3) is 3.70. The van der Waals surface area contributed by atoms with E-state index in [0.717, 1.165) is 32.5 Å². The Hall–Kier alpha value is -1.51. The first-order chi connectivity index (χ1) is 11.2. The van der Waals surface area contributed by atoms with Crippen molar-refractivity contribution < 1.29 is 14.6 Å². The zero-order chi connectivity index (χ0) is 16.2. The highest BCUT2D eigenvalue weighted by atomic mass is 16.5. The molecule has 1 unspecified atom stereocenters. The Morgan fingerprint density at radius 2 is 2.43 bits per heavy atom. The molecule has 0 radical (unpaired) electrons. The van der Waals surface area contributed by atoms with Gasteiger partial charge < -0.3 is 15.2 Å². The first-order valence-electron chi connectivity index (χ1n) is 8.21. The third-order valence-corrected chi connectivity index (χ3v) is 4.97. The molecule has 8 heteroatoms. The van der Waals surface area contributed by atoms with Crippen LogP contribution < -0.4 is 5.32 Å². The summed E-state index contributed by atoms with van der Waals surface area (Å²) in [7, 11) is 1.64. The highest BCUT2D eigenvalue weighted by Gasteiger charge is 2.43. The van der Waals surface area contributed by atoms with Crippen LogP contribution in [0.25, 0.3) is 0 Å². The number of ether oxygens (including phenoxy) is 1. The molecule has 0 saturated carbocycles. The van der Waals surface area contributed by atoms with Crippen LogP contribution in [0.15, 0.2) is 6.20 Å². The second-order valence-electron chi connectivity index (χ2n) is 6.41. The first-order valence-corrected chi connectivity index (χ1v) is 8.21.